The van der Waals surface area contributed by atoms with Gasteiger partial charge in [0.15, 0.2) is 16.6 Å². The average Bonchev–Trinajstić information content (AvgIpc) is 2.57. The van der Waals surface area contributed by atoms with Crippen molar-refractivity contribution in [3.05, 3.63) is 53.8 Å². The van der Waals surface area contributed by atoms with Crippen LogP contribution < -0.4 is 14.8 Å². The third kappa shape index (κ3) is 5.53. The van der Waals surface area contributed by atoms with E-state index in [1.165, 1.54) is 25.3 Å². The van der Waals surface area contributed by atoms with Crippen molar-refractivity contribution in [1.29, 1.82) is 0 Å². The second kappa shape index (κ2) is 8.57. The Morgan fingerprint density at radius 2 is 1.84 bits per heavy atom. The predicted molar refractivity (Wildman–Crippen MR) is 93.7 cm³/mol. The molecule has 0 saturated heterocycles. The van der Waals surface area contributed by atoms with E-state index >= 15 is 0 Å². The second-order valence-corrected chi connectivity index (χ2v) is 5.54. The molecule has 0 heterocycles. The first-order chi connectivity index (χ1) is 11.9. The van der Waals surface area contributed by atoms with Gasteiger partial charge in [-0.25, -0.2) is 4.39 Å². The molecule has 0 atom stereocenters. The van der Waals surface area contributed by atoms with Crippen molar-refractivity contribution < 1.29 is 22.6 Å². The quantitative estimate of drug-likeness (QED) is 0.769. The lowest BCUT2D eigenvalue weighted by molar-refractivity contribution is -0.0512. The van der Waals surface area contributed by atoms with E-state index in [2.05, 4.69) is 10.1 Å². The molecule has 0 bridgehead atoms. The van der Waals surface area contributed by atoms with Crippen LogP contribution in [0.2, 0.25) is 0 Å². The van der Waals surface area contributed by atoms with Crippen molar-refractivity contribution in [3.63, 3.8) is 0 Å². The van der Waals surface area contributed by atoms with Gasteiger partial charge in [0.2, 0.25) is 0 Å². The fraction of sp³-hybridized carbons (Fsp3) is 0.235. The third-order valence-electron chi connectivity index (χ3n) is 3.31. The number of alkyl halides is 2. The Labute approximate surface area is 149 Å². The minimum atomic E-state index is -2.92. The van der Waals surface area contributed by atoms with E-state index in [0.29, 0.717) is 17.3 Å². The molecule has 0 aliphatic carbocycles. The fourth-order valence-electron chi connectivity index (χ4n) is 2.10. The van der Waals surface area contributed by atoms with Crippen molar-refractivity contribution in [2.75, 3.05) is 19.5 Å². The summed E-state index contributed by atoms with van der Waals surface area (Å²) in [6.07, 6.45) is 0. The molecule has 0 aromatic heterocycles. The van der Waals surface area contributed by atoms with Gasteiger partial charge in [0.05, 0.1) is 7.11 Å². The molecule has 0 fully saturated rings. The maximum Gasteiger partial charge on any atom is 0.387 e. The minimum Gasteiger partial charge on any atom is -0.493 e. The van der Waals surface area contributed by atoms with Crippen LogP contribution in [0.3, 0.4) is 0 Å². The average molecular weight is 370 g/mol. The first kappa shape index (κ1) is 18.9. The molecule has 0 spiro atoms. The van der Waals surface area contributed by atoms with Crippen LogP contribution in [0.1, 0.15) is 5.56 Å². The molecular formula is C17H17F3N2O2S. The summed E-state index contributed by atoms with van der Waals surface area (Å²) in [6.45, 7) is -2.51. The zero-order valence-corrected chi connectivity index (χ0v) is 14.4. The van der Waals surface area contributed by atoms with Crippen LogP contribution in [0.4, 0.5) is 18.9 Å². The fourth-order valence-corrected chi connectivity index (χ4v) is 2.28. The molecule has 4 nitrogen and oxygen atoms in total. The van der Waals surface area contributed by atoms with Crippen LogP contribution in [0, 0.1) is 5.82 Å². The highest BCUT2D eigenvalue weighted by Crippen LogP contribution is 2.29. The number of methoxy groups -OCH3 is 1. The Hall–Kier alpha value is -2.48. The van der Waals surface area contributed by atoms with Crippen molar-refractivity contribution in [3.8, 4) is 11.5 Å². The Kier molecular flexibility index (Phi) is 6.46. The van der Waals surface area contributed by atoms with E-state index in [1.807, 2.05) is 0 Å². The van der Waals surface area contributed by atoms with Crippen molar-refractivity contribution in [2.24, 2.45) is 0 Å². The summed E-state index contributed by atoms with van der Waals surface area (Å²) in [5.41, 5.74) is 1.46. The van der Waals surface area contributed by atoms with Gasteiger partial charge >= 0.3 is 6.61 Å². The van der Waals surface area contributed by atoms with E-state index in [4.69, 9.17) is 17.0 Å². The number of halogens is 3. The van der Waals surface area contributed by atoms with E-state index in [0.717, 1.165) is 5.56 Å². The highest BCUT2D eigenvalue weighted by Gasteiger charge is 2.12. The normalized spacial score (nSPS) is 10.5. The van der Waals surface area contributed by atoms with Crippen LogP contribution in [0.15, 0.2) is 42.5 Å². The molecule has 0 radical (unpaired) electrons. The number of nitrogens with zero attached hydrogens (tertiary/aromatic N) is 1. The Morgan fingerprint density at radius 3 is 2.44 bits per heavy atom. The van der Waals surface area contributed by atoms with Crippen molar-refractivity contribution >= 4 is 23.0 Å². The summed E-state index contributed by atoms with van der Waals surface area (Å²) in [6, 6.07) is 10.5. The van der Waals surface area contributed by atoms with Gasteiger partial charge < -0.3 is 19.7 Å². The van der Waals surface area contributed by atoms with Crippen LogP contribution in [0.5, 0.6) is 11.5 Å². The summed E-state index contributed by atoms with van der Waals surface area (Å²) >= 11 is 5.30. The molecule has 0 unspecified atom stereocenters. The van der Waals surface area contributed by atoms with Crippen LogP contribution in [-0.4, -0.2) is 30.8 Å². The minimum absolute atomic E-state index is 0.0316. The smallest absolute Gasteiger partial charge is 0.387 e. The number of benzene rings is 2. The van der Waals surface area contributed by atoms with Gasteiger partial charge in [0.25, 0.3) is 0 Å². The molecule has 2 aromatic carbocycles. The highest BCUT2D eigenvalue weighted by atomic mass is 32.1. The maximum atomic E-state index is 12.9. The Bertz CT molecular complexity index is 726. The van der Waals surface area contributed by atoms with Gasteiger partial charge in [0, 0.05) is 19.3 Å². The highest BCUT2D eigenvalue weighted by molar-refractivity contribution is 7.80. The zero-order chi connectivity index (χ0) is 18.4. The molecule has 134 valence electrons. The number of anilines is 1. The third-order valence-corrected chi connectivity index (χ3v) is 3.72. The molecule has 2 rings (SSSR count). The van der Waals surface area contributed by atoms with Gasteiger partial charge in [-0.05, 0) is 54.2 Å². The first-order valence-corrected chi connectivity index (χ1v) is 7.69. The SMILES string of the molecule is COc1cc(CN(C)C(=S)Nc2ccc(F)cc2)ccc1OC(F)F. The molecule has 0 aliphatic rings. The summed E-state index contributed by atoms with van der Waals surface area (Å²) in [4.78, 5) is 1.75. The molecular weight excluding hydrogens is 353 g/mol. The maximum absolute atomic E-state index is 12.9. The topological polar surface area (TPSA) is 33.7 Å². The zero-order valence-electron chi connectivity index (χ0n) is 13.6. The standard InChI is InChI=1S/C17H17F3N2O2S/c1-22(17(25)21-13-6-4-12(18)5-7-13)10-11-3-8-14(24-16(19)20)15(9-11)23-2/h3-9,16H,10H2,1-2H3,(H,21,25). The number of thiocarbonyl (C=S) groups is 1. The summed E-state index contributed by atoms with van der Waals surface area (Å²) < 4.78 is 47.1. The molecule has 0 aliphatic heterocycles. The number of rotatable bonds is 6. The van der Waals surface area contributed by atoms with Gasteiger partial charge in [-0.3, -0.25) is 0 Å². The molecule has 25 heavy (non-hydrogen) atoms. The van der Waals surface area contributed by atoms with Crippen LogP contribution in [-0.2, 0) is 6.54 Å². The number of hydrogen-bond donors (Lipinski definition) is 1. The number of ether oxygens (including phenoxy) is 2. The van der Waals surface area contributed by atoms with E-state index < -0.39 is 6.61 Å². The van der Waals surface area contributed by atoms with E-state index in [9.17, 15) is 13.2 Å². The lowest BCUT2D eigenvalue weighted by Gasteiger charge is -2.22. The monoisotopic (exact) mass is 370 g/mol. The van der Waals surface area contributed by atoms with E-state index in [-0.39, 0.29) is 17.3 Å². The van der Waals surface area contributed by atoms with Gasteiger partial charge in [-0.2, -0.15) is 8.78 Å². The molecule has 2 aromatic rings. The number of nitrogens with one attached hydrogen (secondary N) is 1. The summed E-state index contributed by atoms with van der Waals surface area (Å²) in [5, 5.41) is 3.42. The van der Waals surface area contributed by atoms with Crippen LogP contribution in [0.25, 0.3) is 0 Å². The molecule has 8 heteroatoms. The summed E-state index contributed by atoms with van der Waals surface area (Å²) in [5.74, 6) is -0.150. The lowest BCUT2D eigenvalue weighted by atomic mass is 10.2. The second-order valence-electron chi connectivity index (χ2n) is 5.16. The van der Waals surface area contributed by atoms with Crippen LogP contribution >= 0.6 is 12.2 Å². The van der Waals surface area contributed by atoms with Crippen molar-refractivity contribution in [1.82, 2.24) is 4.90 Å². The molecule has 0 amide bonds. The predicted octanol–water partition coefficient (Wildman–Crippen LogP) is 4.26. The molecule has 0 saturated carbocycles. The van der Waals surface area contributed by atoms with Gasteiger partial charge in [-0.1, -0.05) is 6.07 Å². The Balaban J connectivity index is 2.02. The number of hydrogen-bond acceptors (Lipinski definition) is 3. The van der Waals surface area contributed by atoms with Crippen molar-refractivity contribution in [2.45, 2.75) is 13.2 Å². The lowest BCUT2D eigenvalue weighted by Crippen LogP contribution is -2.30. The van der Waals surface area contributed by atoms with E-state index in [1.54, 1.807) is 36.2 Å². The molecule has 1 N–H and O–H groups in total. The largest absolute Gasteiger partial charge is 0.493 e. The van der Waals surface area contributed by atoms with Gasteiger partial charge in [0.1, 0.15) is 5.82 Å². The van der Waals surface area contributed by atoms with Gasteiger partial charge in [-0.15, -0.1) is 0 Å². The summed E-state index contributed by atoms with van der Waals surface area (Å²) in [7, 11) is 3.15. The first-order valence-electron chi connectivity index (χ1n) is 7.28. The Morgan fingerprint density at radius 1 is 1.16 bits per heavy atom.